The average Bonchev–Trinajstić information content (AvgIpc) is 2.42. The molecule has 2 saturated heterocycles. The third-order valence-electron chi connectivity index (χ3n) is 4.53. The molecule has 1 atom stereocenters. The van der Waals surface area contributed by atoms with Gasteiger partial charge < -0.3 is 9.64 Å². The SMILES string of the molecule is CCOC(=O)CN1CCC[C@]2(CCC(=O)N(CC)C2)C1. The lowest BCUT2D eigenvalue weighted by Gasteiger charge is -2.48. The Morgan fingerprint density at radius 1 is 1.30 bits per heavy atom. The normalized spacial score (nSPS) is 27.9. The smallest absolute Gasteiger partial charge is 0.320 e. The molecule has 0 unspecified atom stereocenters. The third-order valence-corrected chi connectivity index (χ3v) is 4.53. The average molecular weight is 282 g/mol. The van der Waals surface area contributed by atoms with Crippen molar-refractivity contribution in [1.82, 2.24) is 9.80 Å². The van der Waals surface area contributed by atoms with Crippen molar-refractivity contribution in [3.63, 3.8) is 0 Å². The van der Waals surface area contributed by atoms with Gasteiger partial charge in [-0.25, -0.2) is 0 Å². The predicted octanol–water partition coefficient (Wildman–Crippen LogP) is 1.27. The van der Waals surface area contributed by atoms with Gasteiger partial charge in [-0.05, 0) is 39.7 Å². The molecule has 1 amide bonds. The van der Waals surface area contributed by atoms with Crippen LogP contribution in [-0.2, 0) is 14.3 Å². The fraction of sp³-hybridized carbons (Fsp3) is 0.867. The molecular weight excluding hydrogens is 256 g/mol. The second-order valence-corrected chi connectivity index (χ2v) is 6.03. The Morgan fingerprint density at radius 2 is 2.10 bits per heavy atom. The second kappa shape index (κ2) is 6.57. The fourth-order valence-electron chi connectivity index (χ4n) is 3.56. The van der Waals surface area contributed by atoms with Crippen LogP contribution in [0.5, 0.6) is 0 Å². The van der Waals surface area contributed by atoms with Gasteiger partial charge in [0, 0.05) is 31.5 Å². The molecule has 2 heterocycles. The molecule has 2 aliphatic heterocycles. The summed E-state index contributed by atoms with van der Waals surface area (Å²) in [5.74, 6) is 0.143. The molecular formula is C15H26N2O3. The van der Waals surface area contributed by atoms with E-state index in [2.05, 4.69) is 4.90 Å². The number of likely N-dealkylation sites (tertiary alicyclic amines) is 2. The van der Waals surface area contributed by atoms with E-state index in [0.29, 0.717) is 19.6 Å². The Bertz CT molecular complexity index is 372. The van der Waals surface area contributed by atoms with Gasteiger partial charge in [-0.2, -0.15) is 0 Å². The van der Waals surface area contributed by atoms with Crippen molar-refractivity contribution in [2.45, 2.75) is 39.5 Å². The summed E-state index contributed by atoms with van der Waals surface area (Å²) in [5.41, 5.74) is 0.189. The number of amides is 1. The van der Waals surface area contributed by atoms with Crippen molar-refractivity contribution < 1.29 is 14.3 Å². The van der Waals surface area contributed by atoms with E-state index in [1.54, 1.807) is 0 Å². The van der Waals surface area contributed by atoms with Crippen molar-refractivity contribution >= 4 is 11.9 Å². The first-order valence-corrected chi connectivity index (χ1v) is 7.74. The highest BCUT2D eigenvalue weighted by Crippen LogP contribution is 2.38. The van der Waals surface area contributed by atoms with Gasteiger partial charge in [-0.1, -0.05) is 0 Å². The minimum Gasteiger partial charge on any atom is -0.465 e. The summed E-state index contributed by atoms with van der Waals surface area (Å²) in [6, 6.07) is 0. The van der Waals surface area contributed by atoms with E-state index in [1.807, 2.05) is 18.7 Å². The molecule has 0 aromatic rings. The van der Waals surface area contributed by atoms with Crippen molar-refractivity contribution in [2.75, 3.05) is 39.3 Å². The molecule has 0 aromatic carbocycles. The van der Waals surface area contributed by atoms with Gasteiger partial charge >= 0.3 is 5.97 Å². The Morgan fingerprint density at radius 3 is 2.80 bits per heavy atom. The molecule has 0 aromatic heterocycles. The van der Waals surface area contributed by atoms with Gasteiger partial charge in [0.25, 0.3) is 0 Å². The Labute approximate surface area is 121 Å². The van der Waals surface area contributed by atoms with Gasteiger partial charge in [0.1, 0.15) is 0 Å². The number of nitrogens with zero attached hydrogens (tertiary/aromatic N) is 2. The lowest BCUT2D eigenvalue weighted by atomic mass is 9.73. The van der Waals surface area contributed by atoms with E-state index < -0.39 is 0 Å². The number of ether oxygens (including phenoxy) is 1. The van der Waals surface area contributed by atoms with E-state index in [9.17, 15) is 9.59 Å². The second-order valence-electron chi connectivity index (χ2n) is 6.03. The monoisotopic (exact) mass is 282 g/mol. The summed E-state index contributed by atoms with van der Waals surface area (Å²) in [6.45, 7) is 8.21. The molecule has 0 bridgehead atoms. The number of piperidine rings is 2. The first-order chi connectivity index (χ1) is 9.58. The summed E-state index contributed by atoms with van der Waals surface area (Å²) in [6.07, 6.45) is 3.88. The minimum absolute atomic E-state index is 0.135. The van der Waals surface area contributed by atoms with Crippen LogP contribution in [0.2, 0.25) is 0 Å². The van der Waals surface area contributed by atoms with Crippen LogP contribution in [0.15, 0.2) is 0 Å². The summed E-state index contributed by atoms with van der Waals surface area (Å²) < 4.78 is 5.03. The zero-order valence-corrected chi connectivity index (χ0v) is 12.7. The van der Waals surface area contributed by atoms with Gasteiger partial charge in [0.05, 0.1) is 13.2 Å². The van der Waals surface area contributed by atoms with Crippen molar-refractivity contribution in [3.05, 3.63) is 0 Å². The Kier molecular flexibility index (Phi) is 5.02. The quantitative estimate of drug-likeness (QED) is 0.729. The highest BCUT2D eigenvalue weighted by Gasteiger charge is 2.41. The molecule has 2 rings (SSSR count). The largest absolute Gasteiger partial charge is 0.465 e. The van der Waals surface area contributed by atoms with Crippen molar-refractivity contribution in [2.24, 2.45) is 5.41 Å². The van der Waals surface area contributed by atoms with E-state index in [4.69, 9.17) is 4.74 Å². The predicted molar refractivity (Wildman–Crippen MR) is 76.2 cm³/mol. The van der Waals surface area contributed by atoms with Crippen LogP contribution < -0.4 is 0 Å². The number of carbonyl (C=O) groups excluding carboxylic acids is 2. The first-order valence-electron chi connectivity index (χ1n) is 7.74. The maximum absolute atomic E-state index is 11.8. The molecule has 2 aliphatic rings. The Balaban J connectivity index is 1.95. The van der Waals surface area contributed by atoms with E-state index in [1.165, 1.54) is 0 Å². The zero-order valence-electron chi connectivity index (χ0n) is 12.7. The fourth-order valence-corrected chi connectivity index (χ4v) is 3.56. The van der Waals surface area contributed by atoms with Gasteiger partial charge in [0.15, 0.2) is 0 Å². The van der Waals surface area contributed by atoms with Crippen molar-refractivity contribution in [3.8, 4) is 0 Å². The van der Waals surface area contributed by atoms with Crippen LogP contribution in [0.3, 0.4) is 0 Å². The van der Waals surface area contributed by atoms with Gasteiger partial charge in [-0.3, -0.25) is 14.5 Å². The van der Waals surface area contributed by atoms with Crippen LogP contribution in [0.4, 0.5) is 0 Å². The lowest BCUT2D eigenvalue weighted by molar-refractivity contribution is -0.147. The first kappa shape index (κ1) is 15.3. The van der Waals surface area contributed by atoms with E-state index in [0.717, 1.165) is 45.4 Å². The van der Waals surface area contributed by atoms with E-state index >= 15 is 0 Å². The number of hydrogen-bond donors (Lipinski definition) is 0. The van der Waals surface area contributed by atoms with Crippen LogP contribution in [0.25, 0.3) is 0 Å². The molecule has 5 nitrogen and oxygen atoms in total. The summed E-state index contributed by atoms with van der Waals surface area (Å²) >= 11 is 0. The lowest BCUT2D eigenvalue weighted by Crippen LogP contribution is -2.54. The standard InChI is InChI=1S/C15H26N2O3/c1-3-17-12-15(8-6-13(17)18)7-5-9-16(11-15)10-14(19)20-4-2/h3-12H2,1-2H3/t15-/m0/s1. The van der Waals surface area contributed by atoms with Crippen LogP contribution >= 0.6 is 0 Å². The molecule has 5 heteroatoms. The van der Waals surface area contributed by atoms with Crippen LogP contribution in [0.1, 0.15) is 39.5 Å². The van der Waals surface area contributed by atoms with Gasteiger partial charge in [0.2, 0.25) is 5.91 Å². The number of hydrogen-bond acceptors (Lipinski definition) is 4. The summed E-state index contributed by atoms with van der Waals surface area (Å²) in [5, 5.41) is 0. The maximum atomic E-state index is 11.8. The summed E-state index contributed by atoms with van der Waals surface area (Å²) in [7, 11) is 0. The molecule has 0 aliphatic carbocycles. The molecule has 20 heavy (non-hydrogen) atoms. The molecule has 0 radical (unpaired) electrons. The highest BCUT2D eigenvalue weighted by atomic mass is 16.5. The topological polar surface area (TPSA) is 49.9 Å². The molecule has 1 spiro atoms. The summed E-state index contributed by atoms with van der Waals surface area (Å²) in [4.78, 5) is 27.6. The third kappa shape index (κ3) is 3.51. The number of rotatable bonds is 4. The molecule has 0 saturated carbocycles. The molecule has 2 fully saturated rings. The molecule has 0 N–H and O–H groups in total. The maximum Gasteiger partial charge on any atom is 0.320 e. The highest BCUT2D eigenvalue weighted by molar-refractivity contribution is 5.77. The van der Waals surface area contributed by atoms with Gasteiger partial charge in [-0.15, -0.1) is 0 Å². The van der Waals surface area contributed by atoms with Crippen LogP contribution in [0, 0.1) is 5.41 Å². The zero-order chi connectivity index (χ0) is 14.6. The number of esters is 1. The minimum atomic E-state index is -0.135. The molecule has 114 valence electrons. The van der Waals surface area contributed by atoms with E-state index in [-0.39, 0.29) is 17.3 Å². The Hall–Kier alpha value is -1.10. The van der Waals surface area contributed by atoms with Crippen LogP contribution in [-0.4, -0.2) is 61.0 Å². The van der Waals surface area contributed by atoms with Crippen molar-refractivity contribution in [1.29, 1.82) is 0 Å². The number of carbonyl (C=O) groups is 2.